The molecule has 7 nitrogen and oxygen atoms in total. The van der Waals surface area contributed by atoms with Gasteiger partial charge in [-0.25, -0.2) is 4.98 Å². The van der Waals surface area contributed by atoms with Crippen LogP contribution in [-0.4, -0.2) is 45.3 Å². The highest BCUT2D eigenvalue weighted by atomic mass is 32.1. The number of amides is 1. The summed E-state index contributed by atoms with van der Waals surface area (Å²) >= 11 is 1.32. The van der Waals surface area contributed by atoms with E-state index in [1.165, 1.54) is 21.9 Å². The van der Waals surface area contributed by atoms with Crippen LogP contribution < -0.4 is 10.9 Å². The molecule has 2 aromatic rings. The van der Waals surface area contributed by atoms with Crippen LogP contribution in [0, 0.1) is 0 Å². The van der Waals surface area contributed by atoms with E-state index in [1.54, 1.807) is 18.5 Å². The molecule has 1 saturated heterocycles. The van der Waals surface area contributed by atoms with E-state index in [0.29, 0.717) is 18.0 Å². The fraction of sp³-hybridized carbons (Fsp3) is 0.462. The van der Waals surface area contributed by atoms with E-state index in [1.807, 2.05) is 0 Å². The zero-order valence-electron chi connectivity index (χ0n) is 11.4. The second-order valence-electron chi connectivity index (χ2n) is 5.08. The molecule has 8 heteroatoms. The summed E-state index contributed by atoms with van der Waals surface area (Å²) in [6.07, 6.45) is 2.94. The second kappa shape index (κ2) is 5.21. The molecule has 0 radical (unpaired) electrons. The van der Waals surface area contributed by atoms with Crippen LogP contribution >= 0.6 is 11.3 Å². The third-order valence-corrected chi connectivity index (χ3v) is 4.57. The predicted octanol–water partition coefficient (Wildman–Crippen LogP) is 0.0257. The average molecular weight is 309 g/mol. The highest BCUT2D eigenvalue weighted by Gasteiger charge is 2.39. The summed E-state index contributed by atoms with van der Waals surface area (Å²) in [5.74, 6) is -0.541. The van der Waals surface area contributed by atoms with Crippen LogP contribution in [0.25, 0.3) is 4.96 Å². The Morgan fingerprint density at radius 3 is 3.24 bits per heavy atom. The maximum atomic E-state index is 12.2. The molecule has 3 heterocycles. The van der Waals surface area contributed by atoms with Crippen LogP contribution in [-0.2, 0) is 4.74 Å². The van der Waals surface area contributed by atoms with Crippen LogP contribution in [0.3, 0.4) is 0 Å². The van der Waals surface area contributed by atoms with Crippen molar-refractivity contribution in [3.8, 4) is 0 Å². The Labute approximate surface area is 124 Å². The van der Waals surface area contributed by atoms with Crippen molar-refractivity contribution in [2.75, 3.05) is 13.2 Å². The summed E-state index contributed by atoms with van der Waals surface area (Å²) in [5, 5.41) is 14.6. The van der Waals surface area contributed by atoms with Gasteiger partial charge >= 0.3 is 0 Å². The van der Waals surface area contributed by atoms with Crippen molar-refractivity contribution in [3.05, 3.63) is 33.7 Å². The van der Waals surface area contributed by atoms with Gasteiger partial charge in [-0.05, 0) is 6.92 Å². The van der Waals surface area contributed by atoms with Crippen molar-refractivity contribution in [1.82, 2.24) is 14.7 Å². The Morgan fingerprint density at radius 1 is 1.71 bits per heavy atom. The molecule has 0 aliphatic carbocycles. The van der Waals surface area contributed by atoms with Gasteiger partial charge in [0.25, 0.3) is 11.5 Å². The van der Waals surface area contributed by atoms with Gasteiger partial charge in [0.2, 0.25) is 0 Å². The van der Waals surface area contributed by atoms with E-state index in [4.69, 9.17) is 4.74 Å². The van der Waals surface area contributed by atoms with Crippen LogP contribution in [0.4, 0.5) is 0 Å². The van der Waals surface area contributed by atoms with Crippen molar-refractivity contribution in [2.24, 2.45) is 0 Å². The van der Waals surface area contributed by atoms with Crippen LogP contribution in [0.15, 0.2) is 22.6 Å². The molecule has 0 saturated carbocycles. The minimum absolute atomic E-state index is 0.0405. The van der Waals surface area contributed by atoms with E-state index in [0.717, 1.165) is 0 Å². The molecular weight excluding hydrogens is 294 g/mol. The Hall–Kier alpha value is -1.77. The molecule has 21 heavy (non-hydrogen) atoms. The highest BCUT2D eigenvalue weighted by molar-refractivity contribution is 7.15. The maximum absolute atomic E-state index is 12.2. The molecule has 1 fully saturated rings. The van der Waals surface area contributed by atoms with E-state index >= 15 is 0 Å². The van der Waals surface area contributed by atoms with E-state index < -0.39 is 17.1 Å². The van der Waals surface area contributed by atoms with Crippen molar-refractivity contribution in [1.29, 1.82) is 0 Å². The summed E-state index contributed by atoms with van der Waals surface area (Å²) in [6.45, 7) is 2.25. The zero-order chi connectivity index (χ0) is 15.0. The minimum Gasteiger partial charge on any atom is -0.385 e. The number of ether oxygens (including phenoxy) is 1. The van der Waals surface area contributed by atoms with Gasteiger partial charge in [0.05, 0.1) is 6.10 Å². The first-order valence-corrected chi connectivity index (χ1v) is 7.46. The van der Waals surface area contributed by atoms with Crippen molar-refractivity contribution < 1.29 is 14.6 Å². The average Bonchev–Trinajstić information content (AvgIpc) is 3.05. The third-order valence-electron chi connectivity index (χ3n) is 3.80. The second-order valence-corrected chi connectivity index (χ2v) is 5.95. The summed E-state index contributed by atoms with van der Waals surface area (Å²) in [7, 11) is 0. The number of carbonyl (C=O) groups excluding carboxylic acids is 1. The molecule has 2 unspecified atom stereocenters. The molecule has 1 aliphatic heterocycles. The van der Waals surface area contributed by atoms with E-state index in [2.05, 4.69) is 10.3 Å². The van der Waals surface area contributed by atoms with Gasteiger partial charge in [0.1, 0.15) is 11.2 Å². The first-order chi connectivity index (χ1) is 10.0. The Balaban J connectivity index is 1.78. The van der Waals surface area contributed by atoms with Gasteiger partial charge in [0.15, 0.2) is 4.96 Å². The third kappa shape index (κ3) is 2.45. The van der Waals surface area contributed by atoms with E-state index in [-0.39, 0.29) is 18.2 Å². The monoisotopic (exact) mass is 309 g/mol. The molecule has 2 aromatic heterocycles. The van der Waals surface area contributed by atoms with Gasteiger partial charge in [-0.3, -0.25) is 14.0 Å². The molecule has 0 aromatic carbocycles. The van der Waals surface area contributed by atoms with Crippen molar-refractivity contribution in [2.45, 2.75) is 25.0 Å². The number of fused-ring (bicyclic) bond motifs is 1. The summed E-state index contributed by atoms with van der Waals surface area (Å²) in [6, 6.07) is 0. The molecule has 2 N–H and O–H groups in total. The Morgan fingerprint density at radius 2 is 2.52 bits per heavy atom. The maximum Gasteiger partial charge on any atom is 0.271 e. The fourth-order valence-electron chi connectivity index (χ4n) is 2.31. The SMILES string of the molecule is CC1OCCC1(O)CNC(=O)c1cnc2sccn2c1=O. The first kappa shape index (κ1) is 14.2. The highest BCUT2D eigenvalue weighted by Crippen LogP contribution is 2.24. The molecular formula is C13H15N3O4S. The van der Waals surface area contributed by atoms with Crippen LogP contribution in [0.1, 0.15) is 23.7 Å². The van der Waals surface area contributed by atoms with Crippen molar-refractivity contribution in [3.63, 3.8) is 0 Å². The molecule has 0 bridgehead atoms. The number of rotatable bonds is 3. The molecule has 2 atom stereocenters. The molecule has 1 amide bonds. The number of carbonyl (C=O) groups is 1. The molecule has 0 spiro atoms. The lowest BCUT2D eigenvalue weighted by molar-refractivity contribution is -0.0251. The Kier molecular flexibility index (Phi) is 3.52. The lowest BCUT2D eigenvalue weighted by Crippen LogP contribution is -2.48. The standard InChI is InChI=1S/C13H15N3O4S/c1-8-13(19,2-4-20-8)7-15-10(17)9-6-14-12-16(11(9)18)3-5-21-12/h3,5-6,8,19H,2,4,7H2,1H3,(H,15,17). The number of thiazole rings is 1. The molecule has 3 rings (SSSR count). The lowest BCUT2D eigenvalue weighted by atomic mass is 9.96. The normalized spacial score (nSPS) is 25.3. The van der Waals surface area contributed by atoms with Gasteiger partial charge in [-0.2, -0.15) is 0 Å². The number of aliphatic hydroxyl groups is 1. The summed E-state index contributed by atoms with van der Waals surface area (Å²) in [4.78, 5) is 28.9. The van der Waals surface area contributed by atoms with Crippen LogP contribution in [0.2, 0.25) is 0 Å². The number of hydrogen-bond donors (Lipinski definition) is 2. The van der Waals surface area contributed by atoms with Gasteiger partial charge in [-0.1, -0.05) is 0 Å². The number of hydrogen-bond acceptors (Lipinski definition) is 6. The van der Waals surface area contributed by atoms with Gasteiger partial charge in [-0.15, -0.1) is 11.3 Å². The van der Waals surface area contributed by atoms with Crippen LogP contribution in [0.5, 0.6) is 0 Å². The zero-order valence-corrected chi connectivity index (χ0v) is 12.2. The summed E-state index contributed by atoms with van der Waals surface area (Å²) in [5.41, 5.74) is -1.55. The topological polar surface area (TPSA) is 92.9 Å². The predicted molar refractivity (Wildman–Crippen MR) is 76.7 cm³/mol. The number of aromatic nitrogens is 2. The molecule has 112 valence electrons. The first-order valence-electron chi connectivity index (χ1n) is 6.58. The fourth-order valence-corrected chi connectivity index (χ4v) is 2.99. The van der Waals surface area contributed by atoms with Gasteiger partial charge in [0, 0.05) is 37.3 Å². The molecule has 1 aliphatic rings. The van der Waals surface area contributed by atoms with Crippen molar-refractivity contribution >= 4 is 22.2 Å². The largest absolute Gasteiger partial charge is 0.385 e. The summed E-state index contributed by atoms with van der Waals surface area (Å²) < 4.78 is 6.63. The van der Waals surface area contributed by atoms with Gasteiger partial charge < -0.3 is 15.2 Å². The Bertz CT molecular complexity index is 740. The number of nitrogens with zero attached hydrogens (tertiary/aromatic N) is 2. The smallest absolute Gasteiger partial charge is 0.271 e. The minimum atomic E-state index is -1.09. The quantitative estimate of drug-likeness (QED) is 0.834. The van der Waals surface area contributed by atoms with E-state index in [9.17, 15) is 14.7 Å². The number of nitrogens with one attached hydrogen (secondary N) is 1. The lowest BCUT2D eigenvalue weighted by Gasteiger charge is -2.25.